The van der Waals surface area contributed by atoms with Crippen LogP contribution in [0.4, 0.5) is 4.39 Å². The largest absolute Gasteiger partial charge is 0.256 e. The fourth-order valence-corrected chi connectivity index (χ4v) is 1.22. The number of nitriles is 1. The van der Waals surface area contributed by atoms with E-state index in [-0.39, 0.29) is 5.82 Å². The third-order valence-corrected chi connectivity index (χ3v) is 1.82. The number of hydrogen-bond donors (Lipinski definition) is 0. The minimum atomic E-state index is -0.350. The Kier molecular flexibility index (Phi) is 1.67. The van der Waals surface area contributed by atoms with Gasteiger partial charge in [-0.15, -0.1) is 0 Å². The number of hydrogen-bond acceptors (Lipinski definition) is 2. The van der Waals surface area contributed by atoms with Crippen molar-refractivity contribution in [2.75, 3.05) is 0 Å². The van der Waals surface area contributed by atoms with Crippen LogP contribution in [0.25, 0.3) is 10.9 Å². The number of rotatable bonds is 0. The van der Waals surface area contributed by atoms with Gasteiger partial charge in [0.1, 0.15) is 5.82 Å². The van der Waals surface area contributed by atoms with Gasteiger partial charge in [0.2, 0.25) is 0 Å². The minimum Gasteiger partial charge on any atom is -0.256 e. The van der Waals surface area contributed by atoms with Crippen molar-refractivity contribution in [3.63, 3.8) is 0 Å². The van der Waals surface area contributed by atoms with E-state index in [4.69, 9.17) is 5.26 Å². The molecule has 2 rings (SSSR count). The van der Waals surface area contributed by atoms with Crippen molar-refractivity contribution in [2.24, 2.45) is 0 Å². The summed E-state index contributed by atoms with van der Waals surface area (Å²) in [6.45, 7) is 0. The van der Waals surface area contributed by atoms with Crippen LogP contribution >= 0.6 is 0 Å². The molecule has 2 aromatic rings. The molecule has 0 amide bonds. The van der Waals surface area contributed by atoms with Crippen LogP contribution in [0.5, 0.6) is 0 Å². The maximum atomic E-state index is 12.8. The van der Waals surface area contributed by atoms with Crippen molar-refractivity contribution in [2.45, 2.75) is 0 Å². The Bertz CT molecular complexity index is 500. The zero-order valence-electron chi connectivity index (χ0n) is 6.66. The maximum Gasteiger partial charge on any atom is 0.124 e. The van der Waals surface area contributed by atoms with Crippen LogP contribution in [0, 0.1) is 17.1 Å². The molecule has 0 atom stereocenters. The van der Waals surface area contributed by atoms with E-state index in [1.54, 1.807) is 18.3 Å². The van der Waals surface area contributed by atoms with Gasteiger partial charge >= 0.3 is 0 Å². The Morgan fingerprint density at radius 3 is 2.92 bits per heavy atom. The summed E-state index contributed by atoms with van der Waals surface area (Å²) in [5.41, 5.74) is 1.09. The Hall–Kier alpha value is -1.95. The summed E-state index contributed by atoms with van der Waals surface area (Å²) in [4.78, 5) is 4.01. The molecule has 3 heteroatoms. The third kappa shape index (κ3) is 1.23. The summed E-state index contributed by atoms with van der Waals surface area (Å²) in [7, 11) is 0. The molecule has 0 bridgehead atoms. The number of pyridine rings is 1. The lowest BCUT2D eigenvalue weighted by atomic mass is 10.1. The average Bonchev–Trinajstić information content (AvgIpc) is 2.17. The Morgan fingerprint density at radius 2 is 2.15 bits per heavy atom. The van der Waals surface area contributed by atoms with Gasteiger partial charge in [-0.3, -0.25) is 4.98 Å². The molecule has 0 radical (unpaired) electrons. The molecule has 1 aromatic heterocycles. The monoisotopic (exact) mass is 172 g/mol. The molecule has 62 valence electrons. The van der Waals surface area contributed by atoms with E-state index in [0.717, 1.165) is 0 Å². The minimum absolute atomic E-state index is 0.350. The summed E-state index contributed by atoms with van der Waals surface area (Å²) >= 11 is 0. The van der Waals surface area contributed by atoms with E-state index in [9.17, 15) is 4.39 Å². The van der Waals surface area contributed by atoms with Crippen molar-refractivity contribution in [1.82, 2.24) is 4.98 Å². The van der Waals surface area contributed by atoms with Crippen molar-refractivity contribution < 1.29 is 4.39 Å². The molecule has 0 saturated carbocycles. The third-order valence-electron chi connectivity index (χ3n) is 1.82. The fourth-order valence-electron chi connectivity index (χ4n) is 1.22. The molecule has 0 saturated heterocycles. The lowest BCUT2D eigenvalue weighted by Crippen LogP contribution is -1.84. The SMILES string of the molecule is N#Cc1ccnc2ccc(F)cc12. The Labute approximate surface area is 74.3 Å². The van der Waals surface area contributed by atoms with Gasteiger partial charge in [-0.05, 0) is 24.3 Å². The molecule has 13 heavy (non-hydrogen) atoms. The van der Waals surface area contributed by atoms with Crippen molar-refractivity contribution in [3.05, 3.63) is 41.8 Å². The Morgan fingerprint density at radius 1 is 1.31 bits per heavy atom. The molecule has 0 fully saturated rings. The highest BCUT2D eigenvalue weighted by Crippen LogP contribution is 2.16. The molecular weight excluding hydrogens is 167 g/mol. The van der Waals surface area contributed by atoms with E-state index in [1.807, 2.05) is 6.07 Å². The molecule has 0 aliphatic heterocycles. The molecule has 2 nitrogen and oxygen atoms in total. The lowest BCUT2D eigenvalue weighted by Gasteiger charge is -1.97. The highest BCUT2D eigenvalue weighted by molar-refractivity contribution is 5.84. The average molecular weight is 172 g/mol. The van der Waals surface area contributed by atoms with Gasteiger partial charge in [0.05, 0.1) is 17.1 Å². The van der Waals surface area contributed by atoms with E-state index in [1.165, 1.54) is 12.1 Å². The van der Waals surface area contributed by atoms with Crippen LogP contribution in [0.3, 0.4) is 0 Å². The highest BCUT2D eigenvalue weighted by Gasteiger charge is 2.01. The first-order valence-electron chi connectivity index (χ1n) is 3.75. The molecule has 0 N–H and O–H groups in total. The molecule has 1 heterocycles. The molecule has 1 aromatic carbocycles. The van der Waals surface area contributed by atoms with E-state index in [2.05, 4.69) is 4.98 Å². The van der Waals surface area contributed by atoms with Gasteiger partial charge < -0.3 is 0 Å². The van der Waals surface area contributed by atoms with Crippen molar-refractivity contribution in [1.29, 1.82) is 5.26 Å². The molecule has 0 spiro atoms. The standard InChI is InChI=1S/C10H5FN2/c11-8-1-2-10-9(5-8)7(6-12)3-4-13-10/h1-5H. The number of fused-ring (bicyclic) bond motifs is 1. The van der Waals surface area contributed by atoms with Gasteiger partial charge in [-0.1, -0.05) is 0 Å². The predicted molar refractivity (Wildman–Crippen MR) is 46.4 cm³/mol. The second kappa shape index (κ2) is 2.83. The second-order valence-electron chi connectivity index (χ2n) is 2.63. The number of benzene rings is 1. The van der Waals surface area contributed by atoms with Gasteiger partial charge in [-0.2, -0.15) is 5.26 Å². The Balaban J connectivity index is 2.89. The van der Waals surface area contributed by atoms with Gasteiger partial charge in [0.15, 0.2) is 0 Å². The van der Waals surface area contributed by atoms with E-state index in [0.29, 0.717) is 16.5 Å². The van der Waals surface area contributed by atoms with Crippen molar-refractivity contribution >= 4 is 10.9 Å². The van der Waals surface area contributed by atoms with Gasteiger partial charge in [0, 0.05) is 11.6 Å². The van der Waals surface area contributed by atoms with Crippen molar-refractivity contribution in [3.8, 4) is 6.07 Å². The van der Waals surface area contributed by atoms with E-state index < -0.39 is 0 Å². The summed E-state index contributed by atoms with van der Waals surface area (Å²) in [5, 5.41) is 9.29. The smallest absolute Gasteiger partial charge is 0.124 e. The quantitative estimate of drug-likeness (QED) is 0.611. The first-order chi connectivity index (χ1) is 6.31. The summed E-state index contributed by atoms with van der Waals surface area (Å²) in [6, 6.07) is 7.77. The van der Waals surface area contributed by atoms with Gasteiger partial charge in [-0.25, -0.2) is 4.39 Å². The van der Waals surface area contributed by atoms with Crippen LogP contribution < -0.4 is 0 Å². The normalized spacial score (nSPS) is 9.85. The highest BCUT2D eigenvalue weighted by atomic mass is 19.1. The number of nitrogens with zero attached hydrogens (tertiary/aromatic N) is 2. The summed E-state index contributed by atoms with van der Waals surface area (Å²) in [5.74, 6) is -0.350. The number of aromatic nitrogens is 1. The van der Waals surface area contributed by atoms with Crippen LogP contribution in [0.2, 0.25) is 0 Å². The summed E-state index contributed by atoms with van der Waals surface area (Å²) in [6.07, 6.45) is 1.54. The first kappa shape index (κ1) is 7.69. The fraction of sp³-hybridized carbons (Fsp3) is 0. The second-order valence-corrected chi connectivity index (χ2v) is 2.63. The topological polar surface area (TPSA) is 36.7 Å². The predicted octanol–water partition coefficient (Wildman–Crippen LogP) is 2.25. The van der Waals surface area contributed by atoms with Crippen LogP contribution in [0.15, 0.2) is 30.5 Å². The zero-order valence-corrected chi connectivity index (χ0v) is 6.66. The molecule has 0 aliphatic rings. The van der Waals surface area contributed by atoms with Crippen LogP contribution in [-0.4, -0.2) is 4.98 Å². The zero-order chi connectivity index (χ0) is 9.26. The molecular formula is C10H5FN2. The van der Waals surface area contributed by atoms with E-state index >= 15 is 0 Å². The van der Waals surface area contributed by atoms with Gasteiger partial charge in [0.25, 0.3) is 0 Å². The summed E-state index contributed by atoms with van der Waals surface area (Å²) < 4.78 is 12.8. The molecule has 0 aliphatic carbocycles. The van der Waals surface area contributed by atoms with Crippen LogP contribution in [-0.2, 0) is 0 Å². The maximum absolute atomic E-state index is 12.8. The van der Waals surface area contributed by atoms with Crippen LogP contribution in [0.1, 0.15) is 5.56 Å². The molecule has 0 unspecified atom stereocenters. The first-order valence-corrected chi connectivity index (χ1v) is 3.75. The number of halogens is 1. The lowest BCUT2D eigenvalue weighted by molar-refractivity contribution is 0.629.